The molecule has 2 aromatic heterocycles. The van der Waals surface area contributed by atoms with Crippen LogP contribution < -0.4 is 0 Å². The van der Waals surface area contributed by atoms with Crippen molar-refractivity contribution in [2.45, 2.75) is 70.9 Å². The van der Waals surface area contributed by atoms with Crippen LogP contribution in [-0.2, 0) is 5.67 Å². The van der Waals surface area contributed by atoms with Crippen LogP contribution >= 0.6 is 0 Å². The highest BCUT2D eigenvalue weighted by Crippen LogP contribution is 2.42. The zero-order valence-electron chi connectivity index (χ0n) is 17.9. The molecule has 0 radical (unpaired) electrons. The Bertz CT molecular complexity index is 1260. The Morgan fingerprint density at radius 3 is 2.60 bits per heavy atom. The van der Waals surface area contributed by atoms with Gasteiger partial charge in [0.15, 0.2) is 0 Å². The van der Waals surface area contributed by atoms with Gasteiger partial charge in [0.05, 0.1) is 11.2 Å². The summed E-state index contributed by atoms with van der Waals surface area (Å²) in [4.78, 5) is 4.98. The van der Waals surface area contributed by atoms with Gasteiger partial charge in [-0.2, -0.15) is 0 Å². The molecule has 4 aromatic rings. The van der Waals surface area contributed by atoms with E-state index < -0.39 is 5.67 Å². The zero-order valence-corrected chi connectivity index (χ0v) is 17.9. The second kappa shape index (κ2) is 7.04. The molecule has 5 rings (SSSR count). The first-order chi connectivity index (χ1) is 14.4. The molecule has 0 aliphatic heterocycles. The molecule has 30 heavy (non-hydrogen) atoms. The number of fused-ring (bicyclic) bond motifs is 6. The highest BCUT2D eigenvalue weighted by Gasteiger charge is 2.30. The van der Waals surface area contributed by atoms with Crippen molar-refractivity contribution in [2.24, 2.45) is 0 Å². The predicted octanol–water partition coefficient (Wildman–Crippen LogP) is 7.73. The van der Waals surface area contributed by atoms with Gasteiger partial charge in [-0.3, -0.25) is 4.40 Å². The van der Waals surface area contributed by atoms with Gasteiger partial charge in [-0.05, 0) is 56.7 Å². The van der Waals surface area contributed by atoms with Crippen LogP contribution in [0.15, 0.2) is 36.4 Å². The molecule has 0 saturated heterocycles. The summed E-state index contributed by atoms with van der Waals surface area (Å²) >= 11 is 0. The maximum absolute atomic E-state index is 15.6. The molecule has 2 nitrogen and oxygen atoms in total. The lowest BCUT2D eigenvalue weighted by Gasteiger charge is -2.24. The number of aromatic nitrogens is 2. The minimum Gasteiger partial charge on any atom is -0.295 e. The summed E-state index contributed by atoms with van der Waals surface area (Å²) in [5.74, 6) is 0.150. The molecule has 4 heteroatoms. The van der Waals surface area contributed by atoms with Gasteiger partial charge >= 0.3 is 0 Å². The number of hydrogen-bond acceptors (Lipinski definition) is 1. The Hall–Kier alpha value is -2.49. The number of alkyl halides is 1. The standard InChI is InChI=1S/C26H28F2N2/c1-4-26(3,28)21-12-8-11-20-19-14-13-18(27)15-22(19)30-24(17-9-6-5-7-10-17)16(2)29-25(30)23(20)21/h8,11-15,17H,4-7,9-10H2,1-3H3. The summed E-state index contributed by atoms with van der Waals surface area (Å²) in [6.07, 6.45) is 6.32. The fourth-order valence-corrected chi connectivity index (χ4v) is 5.37. The Labute approximate surface area is 175 Å². The van der Waals surface area contributed by atoms with E-state index >= 15 is 4.39 Å². The van der Waals surface area contributed by atoms with Gasteiger partial charge in [-0.1, -0.05) is 44.4 Å². The molecule has 1 aliphatic carbocycles. The number of nitrogens with zero attached hydrogens (tertiary/aromatic N) is 2. The van der Waals surface area contributed by atoms with Gasteiger partial charge in [-0.25, -0.2) is 13.8 Å². The van der Waals surface area contributed by atoms with Gasteiger partial charge < -0.3 is 0 Å². The topological polar surface area (TPSA) is 17.3 Å². The molecule has 156 valence electrons. The molecule has 1 unspecified atom stereocenters. The molecular formula is C26H28F2N2. The number of pyridine rings is 1. The molecule has 2 aromatic carbocycles. The van der Waals surface area contributed by atoms with E-state index in [2.05, 4.69) is 4.40 Å². The van der Waals surface area contributed by atoms with E-state index in [1.54, 1.807) is 13.0 Å². The fraction of sp³-hybridized carbons (Fsp3) is 0.423. The van der Waals surface area contributed by atoms with Gasteiger partial charge in [0.1, 0.15) is 17.1 Å². The number of halogens is 2. The van der Waals surface area contributed by atoms with E-state index in [0.29, 0.717) is 17.9 Å². The van der Waals surface area contributed by atoms with Crippen molar-refractivity contribution < 1.29 is 8.78 Å². The van der Waals surface area contributed by atoms with E-state index in [1.807, 2.05) is 38.1 Å². The SMILES string of the molecule is CCC(C)(F)c1cccc2c3ccc(F)cc3n3c(C4CCCCC4)c(C)nc3c12. The van der Waals surface area contributed by atoms with E-state index in [4.69, 9.17) is 4.98 Å². The molecule has 1 saturated carbocycles. The van der Waals surface area contributed by atoms with Gasteiger partial charge in [0.2, 0.25) is 0 Å². The summed E-state index contributed by atoms with van der Waals surface area (Å²) < 4.78 is 32.2. The lowest BCUT2D eigenvalue weighted by Crippen LogP contribution is -2.15. The van der Waals surface area contributed by atoms with Crippen LogP contribution in [0.25, 0.3) is 27.3 Å². The van der Waals surface area contributed by atoms with Crippen LogP contribution in [-0.4, -0.2) is 9.38 Å². The van der Waals surface area contributed by atoms with Crippen LogP contribution in [0.5, 0.6) is 0 Å². The first kappa shape index (κ1) is 19.5. The second-order valence-electron chi connectivity index (χ2n) is 9.02. The molecule has 0 amide bonds. The smallest absolute Gasteiger partial charge is 0.146 e. The van der Waals surface area contributed by atoms with Crippen LogP contribution in [0.1, 0.15) is 75.2 Å². The summed E-state index contributed by atoms with van der Waals surface area (Å²) in [7, 11) is 0. The van der Waals surface area contributed by atoms with Gasteiger partial charge in [-0.15, -0.1) is 0 Å². The zero-order chi connectivity index (χ0) is 21.0. The maximum atomic E-state index is 15.6. The minimum atomic E-state index is -1.46. The van der Waals surface area contributed by atoms with Crippen molar-refractivity contribution in [1.29, 1.82) is 0 Å². The molecule has 1 atom stereocenters. The summed E-state index contributed by atoms with van der Waals surface area (Å²) in [6, 6.07) is 10.7. The van der Waals surface area contributed by atoms with Gasteiger partial charge in [0, 0.05) is 27.9 Å². The minimum absolute atomic E-state index is 0.260. The Kier molecular flexibility index (Phi) is 4.57. The number of benzene rings is 2. The van der Waals surface area contributed by atoms with Crippen LogP contribution in [0.3, 0.4) is 0 Å². The van der Waals surface area contributed by atoms with Crippen molar-refractivity contribution in [1.82, 2.24) is 9.38 Å². The normalized spacial score (nSPS) is 17.8. The van der Waals surface area contributed by atoms with E-state index in [9.17, 15) is 4.39 Å². The van der Waals surface area contributed by atoms with Crippen molar-refractivity contribution in [3.05, 3.63) is 59.2 Å². The highest BCUT2D eigenvalue weighted by atomic mass is 19.1. The largest absolute Gasteiger partial charge is 0.295 e. The third kappa shape index (κ3) is 2.84. The number of hydrogen-bond donors (Lipinski definition) is 0. The second-order valence-corrected chi connectivity index (χ2v) is 9.02. The van der Waals surface area contributed by atoms with Crippen LogP contribution in [0, 0.1) is 12.7 Å². The quantitative estimate of drug-likeness (QED) is 0.318. The molecule has 1 aliphatic rings. The Morgan fingerprint density at radius 2 is 1.87 bits per heavy atom. The molecular weight excluding hydrogens is 378 g/mol. The predicted molar refractivity (Wildman–Crippen MR) is 119 cm³/mol. The van der Waals surface area contributed by atoms with E-state index in [1.165, 1.54) is 31.0 Å². The third-order valence-corrected chi connectivity index (χ3v) is 7.09. The average Bonchev–Trinajstić information content (AvgIpc) is 3.11. The van der Waals surface area contributed by atoms with Crippen LogP contribution in [0.4, 0.5) is 8.78 Å². The summed E-state index contributed by atoms with van der Waals surface area (Å²) in [5.41, 5.74) is 2.94. The monoisotopic (exact) mass is 406 g/mol. The number of rotatable bonds is 3. The van der Waals surface area contributed by atoms with Gasteiger partial charge in [0.25, 0.3) is 0 Å². The van der Waals surface area contributed by atoms with Crippen LogP contribution in [0.2, 0.25) is 0 Å². The maximum Gasteiger partial charge on any atom is 0.146 e. The Morgan fingerprint density at radius 1 is 1.10 bits per heavy atom. The molecule has 0 bridgehead atoms. The first-order valence-electron chi connectivity index (χ1n) is 11.1. The summed E-state index contributed by atoms with van der Waals surface area (Å²) in [6.45, 7) is 5.56. The summed E-state index contributed by atoms with van der Waals surface area (Å²) in [5, 5.41) is 2.74. The van der Waals surface area contributed by atoms with E-state index in [-0.39, 0.29) is 5.82 Å². The van der Waals surface area contributed by atoms with E-state index in [0.717, 1.165) is 45.9 Å². The van der Waals surface area contributed by atoms with Crippen molar-refractivity contribution in [3.8, 4) is 0 Å². The fourth-order valence-electron chi connectivity index (χ4n) is 5.37. The number of aryl methyl sites for hydroxylation is 1. The lowest BCUT2D eigenvalue weighted by molar-refractivity contribution is 0.187. The lowest BCUT2D eigenvalue weighted by atomic mass is 9.86. The first-order valence-corrected chi connectivity index (χ1v) is 11.1. The molecule has 0 N–H and O–H groups in total. The molecule has 2 heterocycles. The van der Waals surface area contributed by atoms with Crippen molar-refractivity contribution >= 4 is 27.3 Å². The number of imidazole rings is 1. The average molecular weight is 407 g/mol. The van der Waals surface area contributed by atoms with Crippen molar-refractivity contribution in [2.75, 3.05) is 0 Å². The Balaban J connectivity index is 2.00. The molecule has 0 spiro atoms. The molecule has 1 fully saturated rings. The van der Waals surface area contributed by atoms with Crippen molar-refractivity contribution in [3.63, 3.8) is 0 Å². The highest BCUT2D eigenvalue weighted by molar-refractivity contribution is 6.13. The third-order valence-electron chi connectivity index (χ3n) is 7.09.